The van der Waals surface area contributed by atoms with Gasteiger partial charge in [-0.1, -0.05) is 48.5 Å². The number of carbonyl (C=O) groups excluding carboxylic acids is 1. The highest BCUT2D eigenvalue weighted by Gasteiger charge is 2.18. The van der Waals surface area contributed by atoms with Gasteiger partial charge in [-0.25, -0.2) is 0 Å². The number of rotatable bonds is 4. The van der Waals surface area contributed by atoms with Crippen molar-refractivity contribution in [2.45, 2.75) is 6.92 Å². The Morgan fingerprint density at radius 3 is 2.46 bits per heavy atom. The smallest absolute Gasteiger partial charge is 0.288 e. The molecule has 0 saturated carbocycles. The van der Waals surface area contributed by atoms with Gasteiger partial charge in [0, 0.05) is 22.9 Å². The van der Waals surface area contributed by atoms with E-state index in [1.165, 1.54) is 0 Å². The maximum Gasteiger partial charge on any atom is 0.288 e. The van der Waals surface area contributed by atoms with Crippen LogP contribution in [0, 0.1) is 6.92 Å². The predicted octanol–water partition coefficient (Wildman–Crippen LogP) is 3.99. The first kappa shape index (κ1) is 17.5. The molecule has 6 nitrogen and oxygen atoms in total. The van der Waals surface area contributed by atoms with E-state index < -0.39 is 0 Å². The third-order valence-corrected chi connectivity index (χ3v) is 4.60. The van der Waals surface area contributed by atoms with Crippen LogP contribution in [0.3, 0.4) is 0 Å². The van der Waals surface area contributed by atoms with Crippen LogP contribution in [0.5, 0.6) is 0 Å². The normalized spacial score (nSPS) is 10.6. The summed E-state index contributed by atoms with van der Waals surface area (Å²) in [5.41, 5.74) is 4.10. The fourth-order valence-corrected chi connectivity index (χ4v) is 3.16. The Kier molecular flexibility index (Phi) is 4.60. The first-order chi connectivity index (χ1) is 13.6. The summed E-state index contributed by atoms with van der Waals surface area (Å²) in [6.07, 6.45) is 1.72. The van der Waals surface area contributed by atoms with Gasteiger partial charge in [0.15, 0.2) is 0 Å². The molecule has 4 aromatic rings. The van der Waals surface area contributed by atoms with E-state index in [4.69, 9.17) is 0 Å². The molecule has 0 spiro atoms. The lowest BCUT2D eigenvalue weighted by Gasteiger charge is -2.11. The number of aromatic amines is 2. The molecule has 28 heavy (non-hydrogen) atoms. The second kappa shape index (κ2) is 7.36. The molecule has 4 rings (SSSR count). The first-order valence-electron chi connectivity index (χ1n) is 8.83. The van der Waals surface area contributed by atoms with Crippen molar-refractivity contribution < 1.29 is 4.79 Å². The van der Waals surface area contributed by atoms with Crippen molar-refractivity contribution in [3.8, 4) is 22.5 Å². The summed E-state index contributed by atoms with van der Waals surface area (Å²) in [7, 11) is 0. The number of pyridine rings is 1. The van der Waals surface area contributed by atoms with Crippen LogP contribution in [0.4, 0.5) is 5.69 Å². The van der Waals surface area contributed by atoms with Crippen molar-refractivity contribution in [3.63, 3.8) is 0 Å². The molecule has 0 saturated heterocycles. The van der Waals surface area contributed by atoms with E-state index in [-0.39, 0.29) is 17.2 Å². The molecule has 2 aromatic carbocycles. The van der Waals surface area contributed by atoms with Crippen LogP contribution in [-0.4, -0.2) is 21.1 Å². The second-order valence-corrected chi connectivity index (χ2v) is 6.34. The molecule has 0 aliphatic rings. The molecule has 0 atom stereocenters. The SMILES string of the molecule is Cc1c(C(=O)Nc2c(-c3ccccc3)[nH][nH]c2=O)cccc1-c1ccccn1. The molecule has 0 fully saturated rings. The predicted molar refractivity (Wildman–Crippen MR) is 109 cm³/mol. The number of amides is 1. The average Bonchev–Trinajstić information content (AvgIpc) is 3.09. The van der Waals surface area contributed by atoms with Gasteiger partial charge in [0.2, 0.25) is 0 Å². The Labute approximate surface area is 161 Å². The van der Waals surface area contributed by atoms with E-state index in [0.717, 1.165) is 22.4 Å². The number of carbonyl (C=O) groups is 1. The van der Waals surface area contributed by atoms with Crippen molar-refractivity contribution in [1.29, 1.82) is 0 Å². The zero-order valence-electron chi connectivity index (χ0n) is 15.2. The first-order valence-corrected chi connectivity index (χ1v) is 8.83. The minimum atomic E-state index is -0.384. The Bertz CT molecular complexity index is 1180. The van der Waals surface area contributed by atoms with E-state index in [1.54, 1.807) is 12.3 Å². The average molecular weight is 370 g/mol. The van der Waals surface area contributed by atoms with Crippen molar-refractivity contribution >= 4 is 11.6 Å². The number of aromatic nitrogens is 3. The molecule has 0 radical (unpaired) electrons. The zero-order chi connectivity index (χ0) is 19.5. The Morgan fingerprint density at radius 2 is 1.71 bits per heavy atom. The van der Waals surface area contributed by atoms with E-state index in [1.807, 2.05) is 67.6 Å². The van der Waals surface area contributed by atoms with Gasteiger partial charge < -0.3 is 5.32 Å². The van der Waals surface area contributed by atoms with E-state index in [2.05, 4.69) is 20.5 Å². The summed E-state index contributed by atoms with van der Waals surface area (Å²) in [5, 5.41) is 8.13. The molecular weight excluding hydrogens is 352 g/mol. The Morgan fingerprint density at radius 1 is 0.929 bits per heavy atom. The monoisotopic (exact) mass is 370 g/mol. The summed E-state index contributed by atoms with van der Waals surface area (Å²) < 4.78 is 0. The Hall–Kier alpha value is -3.93. The molecule has 0 aliphatic carbocycles. The molecule has 2 heterocycles. The topological polar surface area (TPSA) is 90.6 Å². The highest BCUT2D eigenvalue weighted by atomic mass is 16.2. The number of anilines is 1. The largest absolute Gasteiger partial charge is 0.316 e. The quantitative estimate of drug-likeness (QED) is 0.507. The molecular formula is C22H18N4O2. The van der Waals surface area contributed by atoms with Gasteiger partial charge in [-0.05, 0) is 30.7 Å². The number of H-pyrrole nitrogens is 2. The van der Waals surface area contributed by atoms with Gasteiger partial charge in [0.1, 0.15) is 5.69 Å². The summed E-state index contributed by atoms with van der Waals surface area (Å²) in [4.78, 5) is 29.6. The standard InChI is InChI=1S/C22H18N4O2/c1-14-16(18-12-5-6-13-23-18)10-7-11-17(14)21(27)24-20-19(25-26-22(20)28)15-8-3-2-4-9-15/h2-13H,1H3,(H,24,27)(H2,25,26,28). The lowest BCUT2D eigenvalue weighted by Crippen LogP contribution is -2.18. The van der Waals surface area contributed by atoms with Crippen LogP contribution in [0.1, 0.15) is 15.9 Å². The summed E-state index contributed by atoms with van der Waals surface area (Å²) in [6.45, 7) is 1.87. The van der Waals surface area contributed by atoms with Crippen LogP contribution >= 0.6 is 0 Å². The fourth-order valence-electron chi connectivity index (χ4n) is 3.16. The maximum absolute atomic E-state index is 13.0. The second-order valence-electron chi connectivity index (χ2n) is 6.34. The van der Waals surface area contributed by atoms with Crippen molar-refractivity contribution in [2.75, 3.05) is 5.32 Å². The van der Waals surface area contributed by atoms with Crippen molar-refractivity contribution in [1.82, 2.24) is 15.2 Å². The highest BCUT2D eigenvalue weighted by Crippen LogP contribution is 2.26. The van der Waals surface area contributed by atoms with Gasteiger partial charge in [-0.15, -0.1) is 0 Å². The lowest BCUT2D eigenvalue weighted by molar-refractivity contribution is 0.102. The van der Waals surface area contributed by atoms with Gasteiger partial charge in [0.25, 0.3) is 11.5 Å². The van der Waals surface area contributed by atoms with E-state index in [0.29, 0.717) is 11.3 Å². The third-order valence-electron chi connectivity index (χ3n) is 4.60. The number of hydrogen-bond donors (Lipinski definition) is 3. The van der Waals surface area contributed by atoms with Gasteiger partial charge in [-0.3, -0.25) is 24.8 Å². The van der Waals surface area contributed by atoms with Crippen LogP contribution in [-0.2, 0) is 0 Å². The highest BCUT2D eigenvalue weighted by molar-refractivity contribution is 6.07. The number of benzene rings is 2. The third kappa shape index (κ3) is 3.23. The molecule has 6 heteroatoms. The summed E-state index contributed by atoms with van der Waals surface area (Å²) in [5.74, 6) is -0.349. The van der Waals surface area contributed by atoms with Crippen molar-refractivity contribution in [2.24, 2.45) is 0 Å². The van der Waals surface area contributed by atoms with Gasteiger partial charge >= 0.3 is 0 Å². The minimum absolute atomic E-state index is 0.193. The number of nitrogens with one attached hydrogen (secondary N) is 3. The van der Waals surface area contributed by atoms with Crippen LogP contribution in [0.2, 0.25) is 0 Å². The molecule has 0 bridgehead atoms. The number of hydrogen-bond acceptors (Lipinski definition) is 3. The fraction of sp³-hybridized carbons (Fsp3) is 0.0455. The Balaban J connectivity index is 1.70. The lowest BCUT2D eigenvalue weighted by atomic mass is 9.99. The molecule has 0 aliphatic heterocycles. The van der Waals surface area contributed by atoms with Gasteiger partial charge in [0.05, 0.1) is 11.4 Å². The molecule has 1 amide bonds. The number of nitrogens with zero attached hydrogens (tertiary/aromatic N) is 1. The summed E-state index contributed by atoms with van der Waals surface area (Å²) in [6, 6.07) is 20.5. The van der Waals surface area contributed by atoms with Crippen LogP contribution in [0.15, 0.2) is 77.7 Å². The minimum Gasteiger partial charge on any atom is -0.316 e. The van der Waals surface area contributed by atoms with Crippen LogP contribution < -0.4 is 10.9 Å². The zero-order valence-corrected chi connectivity index (χ0v) is 15.2. The molecule has 3 N–H and O–H groups in total. The van der Waals surface area contributed by atoms with Gasteiger partial charge in [-0.2, -0.15) is 0 Å². The van der Waals surface area contributed by atoms with Crippen molar-refractivity contribution in [3.05, 3.63) is 94.4 Å². The maximum atomic E-state index is 13.0. The molecule has 2 aromatic heterocycles. The van der Waals surface area contributed by atoms with E-state index in [9.17, 15) is 9.59 Å². The molecule has 0 unspecified atom stereocenters. The summed E-state index contributed by atoms with van der Waals surface area (Å²) >= 11 is 0. The van der Waals surface area contributed by atoms with E-state index >= 15 is 0 Å². The molecule has 138 valence electrons. The van der Waals surface area contributed by atoms with Crippen LogP contribution in [0.25, 0.3) is 22.5 Å².